The maximum Gasteiger partial charge on any atom is 0.298 e. The highest BCUT2D eigenvalue weighted by Crippen LogP contribution is 2.31. The van der Waals surface area contributed by atoms with E-state index in [9.17, 15) is 0 Å². The van der Waals surface area contributed by atoms with Crippen LogP contribution in [0.3, 0.4) is 0 Å². The number of ether oxygens (including phenoxy) is 1. The van der Waals surface area contributed by atoms with Crippen molar-refractivity contribution < 1.29 is 4.74 Å². The van der Waals surface area contributed by atoms with Crippen LogP contribution < -0.4 is 10.5 Å². The average Bonchev–Trinajstić information content (AvgIpc) is 2.71. The predicted molar refractivity (Wildman–Crippen MR) is 65.0 cm³/mol. The van der Waals surface area contributed by atoms with E-state index >= 15 is 0 Å². The summed E-state index contributed by atoms with van der Waals surface area (Å²) in [5.74, 6) is 1.47. The molecule has 0 aliphatic heterocycles. The number of benzene rings is 1. The lowest BCUT2D eigenvalue weighted by molar-refractivity contribution is 0.476. The van der Waals surface area contributed by atoms with Gasteiger partial charge < -0.3 is 10.5 Å². The summed E-state index contributed by atoms with van der Waals surface area (Å²) in [6.45, 7) is 3.96. The van der Waals surface area contributed by atoms with Crippen molar-refractivity contribution in [3.63, 3.8) is 0 Å². The second-order valence-electron chi connectivity index (χ2n) is 3.43. The Bertz CT molecular complexity index is 475. The van der Waals surface area contributed by atoms with Gasteiger partial charge in [-0.15, -0.1) is 0 Å². The molecule has 0 saturated heterocycles. The Balaban J connectivity index is 2.26. The molecular formula is C11H13N3OS. The molecule has 0 spiro atoms. The fourth-order valence-electron chi connectivity index (χ4n) is 1.32. The SMILES string of the molecule is CCc1nsc(Oc2c(C)cccc2N)n1. The molecule has 0 bridgehead atoms. The van der Waals surface area contributed by atoms with Gasteiger partial charge in [-0.2, -0.15) is 9.36 Å². The molecule has 4 nitrogen and oxygen atoms in total. The van der Waals surface area contributed by atoms with E-state index in [2.05, 4.69) is 9.36 Å². The number of hydrogen-bond acceptors (Lipinski definition) is 5. The Morgan fingerprint density at radius 3 is 2.88 bits per heavy atom. The van der Waals surface area contributed by atoms with E-state index in [4.69, 9.17) is 10.5 Å². The Hall–Kier alpha value is -1.62. The normalized spacial score (nSPS) is 10.4. The van der Waals surface area contributed by atoms with Crippen molar-refractivity contribution in [2.45, 2.75) is 20.3 Å². The van der Waals surface area contributed by atoms with Crippen molar-refractivity contribution in [2.24, 2.45) is 0 Å². The predicted octanol–water partition coefficient (Wildman–Crippen LogP) is 2.78. The van der Waals surface area contributed by atoms with Crippen molar-refractivity contribution in [1.29, 1.82) is 0 Å². The van der Waals surface area contributed by atoms with Crippen molar-refractivity contribution in [1.82, 2.24) is 9.36 Å². The maximum atomic E-state index is 5.84. The fourth-order valence-corrected chi connectivity index (χ4v) is 1.95. The van der Waals surface area contributed by atoms with Gasteiger partial charge >= 0.3 is 0 Å². The minimum absolute atomic E-state index is 0.540. The first kappa shape index (κ1) is 10.9. The standard InChI is InChI=1S/C11H13N3OS/c1-3-9-13-11(16-14-9)15-10-7(2)5-4-6-8(10)12/h4-6H,3,12H2,1-2H3. The summed E-state index contributed by atoms with van der Waals surface area (Å²) in [6, 6.07) is 5.66. The van der Waals surface area contributed by atoms with E-state index in [1.165, 1.54) is 11.5 Å². The number of anilines is 1. The van der Waals surface area contributed by atoms with Gasteiger partial charge in [-0.05, 0) is 18.6 Å². The van der Waals surface area contributed by atoms with Crippen molar-refractivity contribution in [3.05, 3.63) is 29.6 Å². The van der Waals surface area contributed by atoms with Gasteiger partial charge in [0.2, 0.25) is 0 Å². The number of nitrogen functional groups attached to an aromatic ring is 1. The number of nitrogens with two attached hydrogens (primary N) is 1. The molecule has 0 aliphatic carbocycles. The largest absolute Gasteiger partial charge is 0.427 e. The molecule has 0 aliphatic rings. The molecule has 0 atom stereocenters. The number of para-hydroxylation sites is 1. The molecule has 1 aromatic carbocycles. The van der Waals surface area contributed by atoms with Gasteiger partial charge in [0.15, 0.2) is 5.75 Å². The van der Waals surface area contributed by atoms with E-state index in [1.807, 2.05) is 32.0 Å². The zero-order valence-corrected chi connectivity index (χ0v) is 10.0. The third-order valence-electron chi connectivity index (χ3n) is 2.20. The molecule has 0 radical (unpaired) electrons. The molecule has 16 heavy (non-hydrogen) atoms. The molecule has 2 aromatic rings. The monoisotopic (exact) mass is 235 g/mol. The van der Waals surface area contributed by atoms with E-state index in [0.717, 1.165) is 17.8 Å². The van der Waals surface area contributed by atoms with E-state index in [-0.39, 0.29) is 0 Å². The van der Waals surface area contributed by atoms with Gasteiger partial charge in [0, 0.05) is 18.0 Å². The van der Waals surface area contributed by atoms with Crippen LogP contribution in [-0.2, 0) is 6.42 Å². The van der Waals surface area contributed by atoms with E-state index in [0.29, 0.717) is 16.6 Å². The average molecular weight is 235 g/mol. The lowest BCUT2D eigenvalue weighted by Crippen LogP contribution is -1.94. The van der Waals surface area contributed by atoms with Crippen LogP contribution in [0.15, 0.2) is 18.2 Å². The molecule has 1 aromatic heterocycles. The highest BCUT2D eigenvalue weighted by molar-refractivity contribution is 7.07. The van der Waals surface area contributed by atoms with E-state index < -0.39 is 0 Å². The lowest BCUT2D eigenvalue weighted by Gasteiger charge is -2.07. The highest BCUT2D eigenvalue weighted by atomic mass is 32.1. The zero-order chi connectivity index (χ0) is 11.5. The van der Waals surface area contributed by atoms with Crippen LogP contribution in [0.2, 0.25) is 0 Å². The van der Waals surface area contributed by atoms with Gasteiger partial charge in [-0.1, -0.05) is 19.1 Å². The summed E-state index contributed by atoms with van der Waals surface area (Å²) in [6.07, 6.45) is 0.809. The summed E-state index contributed by atoms with van der Waals surface area (Å²) >= 11 is 1.25. The first-order valence-electron chi connectivity index (χ1n) is 5.06. The summed E-state index contributed by atoms with van der Waals surface area (Å²) in [5, 5.41) is 0.540. The number of aromatic nitrogens is 2. The number of aryl methyl sites for hydroxylation is 2. The molecule has 0 unspecified atom stereocenters. The molecule has 1 heterocycles. The summed E-state index contributed by atoms with van der Waals surface area (Å²) in [4.78, 5) is 4.24. The minimum atomic E-state index is 0.540. The van der Waals surface area contributed by atoms with Gasteiger partial charge in [0.25, 0.3) is 5.19 Å². The number of rotatable bonds is 3. The molecule has 0 saturated carbocycles. The summed E-state index contributed by atoms with van der Waals surface area (Å²) in [5.41, 5.74) is 7.45. The van der Waals surface area contributed by atoms with Crippen LogP contribution in [0.5, 0.6) is 10.9 Å². The topological polar surface area (TPSA) is 61.0 Å². The van der Waals surface area contributed by atoms with Crippen molar-refractivity contribution in [3.8, 4) is 10.9 Å². The Morgan fingerprint density at radius 1 is 1.44 bits per heavy atom. The van der Waals surface area contributed by atoms with Gasteiger partial charge in [-0.25, -0.2) is 0 Å². The molecular weight excluding hydrogens is 222 g/mol. The molecule has 2 N–H and O–H groups in total. The minimum Gasteiger partial charge on any atom is -0.427 e. The first-order valence-corrected chi connectivity index (χ1v) is 5.83. The van der Waals surface area contributed by atoms with Gasteiger partial charge in [0.1, 0.15) is 5.82 Å². The molecule has 84 valence electrons. The fraction of sp³-hybridized carbons (Fsp3) is 0.273. The quantitative estimate of drug-likeness (QED) is 0.831. The molecule has 5 heteroatoms. The Labute approximate surface area is 98.3 Å². The maximum absolute atomic E-state index is 5.84. The lowest BCUT2D eigenvalue weighted by atomic mass is 10.2. The van der Waals surface area contributed by atoms with Crippen LogP contribution in [0, 0.1) is 6.92 Å². The van der Waals surface area contributed by atoms with Crippen LogP contribution in [0.4, 0.5) is 5.69 Å². The number of nitrogens with zero attached hydrogens (tertiary/aromatic N) is 2. The van der Waals surface area contributed by atoms with Crippen LogP contribution in [0.1, 0.15) is 18.3 Å². The Morgan fingerprint density at radius 2 is 2.25 bits per heavy atom. The van der Waals surface area contributed by atoms with Gasteiger partial charge in [-0.3, -0.25) is 0 Å². The Kier molecular flexibility index (Phi) is 3.05. The van der Waals surface area contributed by atoms with Gasteiger partial charge in [0.05, 0.1) is 5.69 Å². The molecule has 0 fully saturated rings. The smallest absolute Gasteiger partial charge is 0.298 e. The van der Waals surface area contributed by atoms with Crippen LogP contribution in [0.25, 0.3) is 0 Å². The second kappa shape index (κ2) is 4.49. The number of hydrogen-bond donors (Lipinski definition) is 1. The van der Waals surface area contributed by atoms with Crippen LogP contribution >= 0.6 is 11.5 Å². The third-order valence-corrected chi connectivity index (χ3v) is 2.83. The highest BCUT2D eigenvalue weighted by Gasteiger charge is 2.09. The van der Waals surface area contributed by atoms with E-state index in [1.54, 1.807) is 0 Å². The molecule has 0 amide bonds. The first-order chi connectivity index (χ1) is 7.70. The van der Waals surface area contributed by atoms with Crippen molar-refractivity contribution in [2.75, 3.05) is 5.73 Å². The van der Waals surface area contributed by atoms with Crippen molar-refractivity contribution >= 4 is 17.2 Å². The zero-order valence-electron chi connectivity index (χ0n) is 9.23. The summed E-state index contributed by atoms with van der Waals surface area (Å²) < 4.78 is 9.80. The third kappa shape index (κ3) is 2.14. The molecule has 2 rings (SSSR count). The second-order valence-corrected chi connectivity index (χ2v) is 4.14. The summed E-state index contributed by atoms with van der Waals surface area (Å²) in [7, 11) is 0. The van der Waals surface area contributed by atoms with Crippen LogP contribution in [-0.4, -0.2) is 9.36 Å².